The van der Waals surface area contributed by atoms with Gasteiger partial charge in [0.15, 0.2) is 0 Å². The lowest BCUT2D eigenvalue weighted by Gasteiger charge is -2.32. The minimum atomic E-state index is -0.385. The van der Waals surface area contributed by atoms with Crippen LogP contribution in [0.2, 0.25) is 0 Å². The van der Waals surface area contributed by atoms with E-state index < -0.39 is 0 Å². The first kappa shape index (κ1) is 14.7. The molecule has 1 aromatic rings. The third-order valence-corrected chi connectivity index (χ3v) is 3.79. The largest absolute Gasteiger partial charge is 0.490 e. The van der Waals surface area contributed by atoms with E-state index in [1.54, 1.807) is 18.2 Å². The van der Waals surface area contributed by atoms with Gasteiger partial charge in [0, 0.05) is 6.04 Å². The Morgan fingerprint density at radius 3 is 2.95 bits per heavy atom. The summed E-state index contributed by atoms with van der Waals surface area (Å²) in [6.07, 6.45) is 3.61. The summed E-state index contributed by atoms with van der Waals surface area (Å²) >= 11 is 0. The van der Waals surface area contributed by atoms with Crippen molar-refractivity contribution in [3.8, 4) is 5.75 Å². The molecule has 1 aliphatic rings. The van der Waals surface area contributed by atoms with Gasteiger partial charge in [-0.2, -0.15) is 0 Å². The Labute approximate surface area is 119 Å². The molecule has 5 nitrogen and oxygen atoms in total. The van der Waals surface area contributed by atoms with Crippen LogP contribution in [0.1, 0.15) is 29.6 Å². The molecule has 1 saturated heterocycles. The van der Waals surface area contributed by atoms with Crippen molar-refractivity contribution in [1.82, 2.24) is 4.90 Å². The fourth-order valence-electron chi connectivity index (χ4n) is 2.44. The lowest BCUT2D eigenvalue weighted by Crippen LogP contribution is -2.40. The maximum atomic E-state index is 11.5. The molecule has 1 heterocycles. The van der Waals surface area contributed by atoms with Crippen LogP contribution in [0.25, 0.3) is 0 Å². The molecule has 1 atom stereocenters. The van der Waals surface area contributed by atoms with E-state index in [0.717, 1.165) is 13.0 Å². The van der Waals surface area contributed by atoms with E-state index >= 15 is 0 Å². The number of nitrogens with zero attached hydrogens (tertiary/aromatic N) is 1. The summed E-state index contributed by atoms with van der Waals surface area (Å²) in [7, 11) is 3.47. The quantitative estimate of drug-likeness (QED) is 0.673. The van der Waals surface area contributed by atoms with E-state index in [4.69, 9.17) is 15.2 Å². The lowest BCUT2D eigenvalue weighted by atomic mass is 10.0. The monoisotopic (exact) mass is 278 g/mol. The van der Waals surface area contributed by atoms with Crippen LogP contribution >= 0.6 is 0 Å². The minimum absolute atomic E-state index is 0.385. The van der Waals surface area contributed by atoms with Crippen molar-refractivity contribution in [3.63, 3.8) is 0 Å². The number of hydrogen-bond donors (Lipinski definition) is 1. The highest BCUT2D eigenvalue weighted by Gasteiger charge is 2.20. The summed E-state index contributed by atoms with van der Waals surface area (Å²) in [5, 5.41) is 0. The van der Waals surface area contributed by atoms with Gasteiger partial charge >= 0.3 is 5.97 Å². The molecule has 0 aliphatic carbocycles. The first-order valence-electron chi connectivity index (χ1n) is 6.92. The number of esters is 1. The van der Waals surface area contributed by atoms with Gasteiger partial charge in [0.2, 0.25) is 0 Å². The molecule has 1 aliphatic heterocycles. The average molecular weight is 278 g/mol. The summed E-state index contributed by atoms with van der Waals surface area (Å²) in [5.74, 6) is 0.163. The Bertz CT molecular complexity index is 476. The van der Waals surface area contributed by atoms with E-state index in [0.29, 0.717) is 29.6 Å². The van der Waals surface area contributed by atoms with Crippen LogP contribution in [0.5, 0.6) is 5.75 Å². The van der Waals surface area contributed by atoms with E-state index in [1.165, 1.54) is 20.0 Å². The van der Waals surface area contributed by atoms with Gasteiger partial charge in [-0.3, -0.25) is 0 Å². The number of benzene rings is 1. The van der Waals surface area contributed by atoms with Crippen molar-refractivity contribution >= 4 is 11.7 Å². The van der Waals surface area contributed by atoms with Crippen molar-refractivity contribution in [2.45, 2.75) is 25.3 Å². The van der Waals surface area contributed by atoms with E-state index in [-0.39, 0.29) is 5.97 Å². The Kier molecular flexibility index (Phi) is 4.84. The predicted molar refractivity (Wildman–Crippen MR) is 78.0 cm³/mol. The van der Waals surface area contributed by atoms with Crippen molar-refractivity contribution < 1.29 is 14.3 Å². The normalized spacial score (nSPS) is 19.6. The second-order valence-corrected chi connectivity index (χ2v) is 5.19. The third-order valence-electron chi connectivity index (χ3n) is 3.79. The summed E-state index contributed by atoms with van der Waals surface area (Å²) in [6, 6.07) is 5.36. The number of carbonyl (C=O) groups is 1. The number of likely N-dealkylation sites (tertiary alicyclic amines) is 1. The zero-order valence-electron chi connectivity index (χ0n) is 12.1. The number of likely N-dealkylation sites (N-methyl/N-ethyl adjacent to an activating group) is 1. The van der Waals surface area contributed by atoms with Gasteiger partial charge in [0.25, 0.3) is 0 Å². The molecular weight excluding hydrogens is 256 g/mol. The molecule has 1 unspecified atom stereocenters. The highest BCUT2D eigenvalue weighted by molar-refractivity contribution is 5.90. The number of piperidine rings is 1. The smallest absolute Gasteiger partial charge is 0.337 e. The Balaban J connectivity index is 2.02. The molecule has 0 saturated carbocycles. The molecular formula is C15H22N2O3. The van der Waals surface area contributed by atoms with Crippen LogP contribution < -0.4 is 10.5 Å². The maximum absolute atomic E-state index is 11.5. The molecule has 0 spiro atoms. The molecule has 20 heavy (non-hydrogen) atoms. The van der Waals surface area contributed by atoms with Crippen LogP contribution in [-0.2, 0) is 4.74 Å². The van der Waals surface area contributed by atoms with Crippen LogP contribution in [0.4, 0.5) is 5.69 Å². The van der Waals surface area contributed by atoms with Crippen LogP contribution in [0.15, 0.2) is 18.2 Å². The lowest BCUT2D eigenvalue weighted by molar-refractivity contribution is 0.0600. The first-order valence-corrected chi connectivity index (χ1v) is 6.92. The minimum Gasteiger partial charge on any atom is -0.490 e. The van der Waals surface area contributed by atoms with E-state index in [1.807, 2.05) is 0 Å². The highest BCUT2D eigenvalue weighted by Crippen LogP contribution is 2.24. The number of nitrogen functional groups attached to an aromatic ring is 1. The number of methoxy groups -OCH3 is 1. The van der Waals surface area contributed by atoms with Crippen LogP contribution in [-0.4, -0.2) is 44.2 Å². The van der Waals surface area contributed by atoms with E-state index in [2.05, 4.69) is 11.9 Å². The zero-order chi connectivity index (χ0) is 14.5. The summed E-state index contributed by atoms with van der Waals surface area (Å²) in [6.45, 7) is 1.69. The molecule has 0 radical (unpaired) electrons. The number of nitrogens with two attached hydrogens (primary N) is 1. The number of ether oxygens (including phenoxy) is 2. The number of rotatable bonds is 4. The second kappa shape index (κ2) is 6.61. The van der Waals surface area contributed by atoms with Gasteiger partial charge in [0.1, 0.15) is 12.4 Å². The molecule has 1 aromatic carbocycles. The SMILES string of the molecule is COC(=O)c1ccc(N)c(OCC2CCCCN2C)c1. The van der Waals surface area contributed by atoms with Crippen molar-refractivity contribution in [2.75, 3.05) is 33.0 Å². The third kappa shape index (κ3) is 3.42. The fraction of sp³-hybridized carbons (Fsp3) is 0.533. The predicted octanol–water partition coefficient (Wildman–Crippen LogP) is 1.92. The van der Waals surface area contributed by atoms with Crippen LogP contribution in [0.3, 0.4) is 0 Å². The molecule has 1 fully saturated rings. The fourth-order valence-corrected chi connectivity index (χ4v) is 2.44. The topological polar surface area (TPSA) is 64.8 Å². The molecule has 5 heteroatoms. The summed E-state index contributed by atoms with van der Waals surface area (Å²) in [5.41, 5.74) is 6.88. The van der Waals surface area contributed by atoms with Crippen molar-refractivity contribution in [2.24, 2.45) is 0 Å². The molecule has 0 amide bonds. The Morgan fingerprint density at radius 1 is 1.45 bits per heavy atom. The summed E-state index contributed by atoms with van der Waals surface area (Å²) in [4.78, 5) is 13.8. The van der Waals surface area contributed by atoms with Gasteiger partial charge in [-0.25, -0.2) is 4.79 Å². The summed E-state index contributed by atoms with van der Waals surface area (Å²) < 4.78 is 10.5. The van der Waals surface area contributed by atoms with Gasteiger partial charge < -0.3 is 20.1 Å². The zero-order valence-corrected chi connectivity index (χ0v) is 12.1. The number of carbonyl (C=O) groups excluding carboxylic acids is 1. The van der Waals surface area contributed by atoms with Crippen molar-refractivity contribution in [1.29, 1.82) is 0 Å². The molecule has 2 N–H and O–H groups in total. The molecule has 110 valence electrons. The molecule has 2 rings (SSSR count). The van der Waals surface area contributed by atoms with Gasteiger partial charge in [-0.05, 0) is 44.6 Å². The van der Waals surface area contributed by atoms with Crippen LogP contribution in [0, 0.1) is 0 Å². The molecule has 0 aromatic heterocycles. The van der Waals surface area contributed by atoms with E-state index in [9.17, 15) is 4.79 Å². The second-order valence-electron chi connectivity index (χ2n) is 5.19. The number of hydrogen-bond acceptors (Lipinski definition) is 5. The number of anilines is 1. The Hall–Kier alpha value is -1.75. The Morgan fingerprint density at radius 2 is 2.25 bits per heavy atom. The average Bonchev–Trinajstić information content (AvgIpc) is 2.47. The molecule has 0 bridgehead atoms. The standard InChI is InChI=1S/C15H22N2O3/c1-17-8-4-3-5-12(17)10-20-14-9-11(15(18)19-2)6-7-13(14)16/h6-7,9,12H,3-5,8,10,16H2,1-2H3. The highest BCUT2D eigenvalue weighted by atomic mass is 16.5. The van der Waals surface area contributed by atoms with Gasteiger partial charge in [-0.1, -0.05) is 6.42 Å². The first-order chi connectivity index (χ1) is 9.61. The maximum Gasteiger partial charge on any atom is 0.337 e. The van der Waals surface area contributed by atoms with Crippen molar-refractivity contribution in [3.05, 3.63) is 23.8 Å². The van der Waals surface area contributed by atoms with Gasteiger partial charge in [0.05, 0.1) is 18.4 Å². The van der Waals surface area contributed by atoms with Gasteiger partial charge in [-0.15, -0.1) is 0 Å².